The van der Waals surface area contributed by atoms with Crippen LogP contribution in [0, 0.1) is 5.92 Å². The van der Waals surface area contributed by atoms with Crippen molar-refractivity contribution >= 4 is 11.5 Å². The van der Waals surface area contributed by atoms with E-state index in [0.29, 0.717) is 18.1 Å². The molecule has 2 aromatic carbocycles. The van der Waals surface area contributed by atoms with Gasteiger partial charge in [-0.3, -0.25) is 9.69 Å². The maximum Gasteiger partial charge on any atom is 0.162 e. The van der Waals surface area contributed by atoms with Crippen molar-refractivity contribution in [3.05, 3.63) is 59.7 Å². The lowest BCUT2D eigenvalue weighted by molar-refractivity contribution is 0.0961. The maximum absolute atomic E-state index is 12.7. The monoisotopic (exact) mass is 406 g/mol. The maximum atomic E-state index is 12.7. The molecular weight excluding hydrogens is 372 g/mol. The van der Waals surface area contributed by atoms with Crippen LogP contribution >= 0.6 is 0 Å². The SMILES string of the molecule is COc1ccccc1CN1CCC(CCC(=O)c2ccc(N3CCCC3)cc2)CC1. The topological polar surface area (TPSA) is 32.8 Å². The van der Waals surface area contributed by atoms with E-state index in [-0.39, 0.29) is 0 Å². The molecule has 0 aromatic heterocycles. The molecule has 2 aliphatic rings. The van der Waals surface area contributed by atoms with Crippen LogP contribution in [-0.4, -0.2) is 44.0 Å². The summed E-state index contributed by atoms with van der Waals surface area (Å²) in [5.41, 5.74) is 3.38. The van der Waals surface area contributed by atoms with Crippen LogP contribution in [-0.2, 0) is 6.54 Å². The summed E-state index contributed by atoms with van der Waals surface area (Å²) in [4.78, 5) is 17.6. The van der Waals surface area contributed by atoms with E-state index in [1.54, 1.807) is 7.11 Å². The summed E-state index contributed by atoms with van der Waals surface area (Å²) in [6.45, 7) is 5.42. The normalized spacial score (nSPS) is 18.0. The van der Waals surface area contributed by atoms with Gasteiger partial charge in [0.25, 0.3) is 0 Å². The zero-order valence-electron chi connectivity index (χ0n) is 18.2. The Morgan fingerprint density at radius 2 is 1.67 bits per heavy atom. The first kappa shape index (κ1) is 20.9. The molecule has 2 aromatic rings. The number of carbonyl (C=O) groups is 1. The first-order valence-corrected chi connectivity index (χ1v) is 11.5. The molecule has 2 fully saturated rings. The summed E-state index contributed by atoms with van der Waals surface area (Å²) in [5, 5.41) is 0. The lowest BCUT2D eigenvalue weighted by Crippen LogP contribution is -2.33. The van der Waals surface area contributed by atoms with Gasteiger partial charge in [0, 0.05) is 42.9 Å². The van der Waals surface area contributed by atoms with Crippen molar-refractivity contribution in [2.75, 3.05) is 38.2 Å². The van der Waals surface area contributed by atoms with E-state index < -0.39 is 0 Å². The van der Waals surface area contributed by atoms with Gasteiger partial charge in [0.05, 0.1) is 7.11 Å². The van der Waals surface area contributed by atoms with Crippen molar-refractivity contribution in [3.8, 4) is 5.75 Å². The third-order valence-corrected chi connectivity index (χ3v) is 6.73. The second-order valence-electron chi connectivity index (χ2n) is 8.73. The van der Waals surface area contributed by atoms with Crippen molar-refractivity contribution in [2.45, 2.75) is 45.1 Å². The molecule has 0 spiro atoms. The van der Waals surface area contributed by atoms with Gasteiger partial charge in [-0.15, -0.1) is 0 Å². The number of rotatable bonds is 8. The number of hydrogen-bond donors (Lipinski definition) is 0. The van der Waals surface area contributed by atoms with E-state index in [1.165, 1.54) is 36.9 Å². The van der Waals surface area contributed by atoms with Gasteiger partial charge in [0.2, 0.25) is 0 Å². The van der Waals surface area contributed by atoms with Crippen molar-refractivity contribution in [2.24, 2.45) is 5.92 Å². The molecule has 2 heterocycles. The first-order chi connectivity index (χ1) is 14.7. The predicted octanol–water partition coefficient (Wildman–Crippen LogP) is 5.17. The van der Waals surface area contributed by atoms with Crippen LogP contribution in [0.25, 0.3) is 0 Å². The number of anilines is 1. The Labute approximate surface area is 180 Å². The molecule has 4 rings (SSSR count). The summed E-state index contributed by atoms with van der Waals surface area (Å²) in [6.07, 6.45) is 6.58. The van der Waals surface area contributed by atoms with Crippen LogP contribution in [0.3, 0.4) is 0 Å². The Morgan fingerprint density at radius 1 is 0.967 bits per heavy atom. The van der Waals surface area contributed by atoms with E-state index in [4.69, 9.17) is 4.74 Å². The lowest BCUT2D eigenvalue weighted by atomic mass is 9.90. The van der Waals surface area contributed by atoms with Gasteiger partial charge in [-0.25, -0.2) is 0 Å². The molecule has 2 saturated heterocycles. The van der Waals surface area contributed by atoms with Crippen LogP contribution in [0.2, 0.25) is 0 Å². The standard InChI is InChI=1S/C26H34N2O2/c1-30-26-7-3-2-6-23(26)20-27-18-14-21(15-19-27)8-13-25(29)22-9-11-24(12-10-22)28-16-4-5-17-28/h2-3,6-7,9-12,21H,4-5,8,13-20H2,1H3. The van der Waals surface area contributed by atoms with Crippen molar-refractivity contribution in [1.29, 1.82) is 0 Å². The number of methoxy groups -OCH3 is 1. The van der Waals surface area contributed by atoms with Gasteiger partial charge in [0.15, 0.2) is 5.78 Å². The lowest BCUT2D eigenvalue weighted by Gasteiger charge is -2.32. The Kier molecular flexibility index (Phi) is 7.06. The third kappa shape index (κ3) is 5.23. The highest BCUT2D eigenvalue weighted by molar-refractivity contribution is 5.96. The molecule has 30 heavy (non-hydrogen) atoms. The van der Waals surface area contributed by atoms with Crippen LogP contribution in [0.5, 0.6) is 5.75 Å². The van der Waals surface area contributed by atoms with Crippen molar-refractivity contribution in [1.82, 2.24) is 4.90 Å². The molecule has 2 aliphatic heterocycles. The highest BCUT2D eigenvalue weighted by Gasteiger charge is 2.21. The zero-order valence-corrected chi connectivity index (χ0v) is 18.2. The highest BCUT2D eigenvalue weighted by atomic mass is 16.5. The van der Waals surface area contributed by atoms with Crippen molar-refractivity contribution in [3.63, 3.8) is 0 Å². The van der Waals surface area contributed by atoms with Crippen LogP contribution in [0.1, 0.15) is 54.4 Å². The van der Waals surface area contributed by atoms with Gasteiger partial charge in [-0.1, -0.05) is 18.2 Å². The Hall–Kier alpha value is -2.33. The van der Waals surface area contributed by atoms with E-state index in [1.807, 2.05) is 24.3 Å². The summed E-state index contributed by atoms with van der Waals surface area (Å²) in [6, 6.07) is 16.6. The third-order valence-electron chi connectivity index (χ3n) is 6.73. The number of ketones is 1. The smallest absolute Gasteiger partial charge is 0.162 e. The average molecular weight is 407 g/mol. The molecule has 0 saturated carbocycles. The van der Waals surface area contributed by atoms with Crippen LogP contribution in [0.4, 0.5) is 5.69 Å². The largest absolute Gasteiger partial charge is 0.496 e. The molecular formula is C26H34N2O2. The molecule has 0 N–H and O–H groups in total. The molecule has 0 bridgehead atoms. The Morgan fingerprint density at radius 3 is 2.37 bits per heavy atom. The summed E-state index contributed by atoms with van der Waals surface area (Å²) >= 11 is 0. The minimum absolute atomic E-state index is 0.291. The first-order valence-electron chi connectivity index (χ1n) is 11.5. The number of likely N-dealkylation sites (tertiary alicyclic amines) is 1. The van der Waals surface area contributed by atoms with Gasteiger partial charge in [-0.2, -0.15) is 0 Å². The number of benzene rings is 2. The quantitative estimate of drug-likeness (QED) is 0.566. The molecule has 4 nitrogen and oxygen atoms in total. The predicted molar refractivity (Wildman–Crippen MR) is 122 cm³/mol. The van der Waals surface area contributed by atoms with E-state index in [0.717, 1.165) is 50.5 Å². The highest BCUT2D eigenvalue weighted by Crippen LogP contribution is 2.27. The van der Waals surface area contributed by atoms with E-state index >= 15 is 0 Å². The second kappa shape index (κ2) is 10.1. The fourth-order valence-electron chi connectivity index (χ4n) is 4.82. The fraction of sp³-hybridized carbons (Fsp3) is 0.500. The number of piperidine rings is 1. The Bertz CT molecular complexity index is 819. The fourth-order valence-corrected chi connectivity index (χ4v) is 4.82. The van der Waals surface area contributed by atoms with Crippen molar-refractivity contribution < 1.29 is 9.53 Å². The molecule has 0 atom stereocenters. The van der Waals surface area contributed by atoms with Crippen LogP contribution < -0.4 is 9.64 Å². The summed E-state index contributed by atoms with van der Waals surface area (Å²) in [7, 11) is 1.74. The minimum Gasteiger partial charge on any atom is -0.496 e. The van der Waals surface area contributed by atoms with E-state index in [9.17, 15) is 4.79 Å². The number of ether oxygens (including phenoxy) is 1. The van der Waals surface area contributed by atoms with E-state index in [2.05, 4.69) is 34.1 Å². The molecule has 0 unspecified atom stereocenters. The molecule has 160 valence electrons. The van der Waals surface area contributed by atoms with Gasteiger partial charge < -0.3 is 9.64 Å². The van der Waals surface area contributed by atoms with Gasteiger partial charge >= 0.3 is 0 Å². The summed E-state index contributed by atoms with van der Waals surface area (Å²) < 4.78 is 5.48. The van der Waals surface area contributed by atoms with Gasteiger partial charge in [0.1, 0.15) is 5.75 Å². The number of Topliss-reactive ketones (excluding diaryl/α,β-unsaturated/α-hetero) is 1. The molecule has 0 amide bonds. The average Bonchev–Trinajstić information content (AvgIpc) is 3.34. The second-order valence-corrected chi connectivity index (χ2v) is 8.73. The number of para-hydroxylation sites is 1. The molecule has 4 heteroatoms. The number of hydrogen-bond acceptors (Lipinski definition) is 4. The molecule has 0 radical (unpaired) electrons. The molecule has 0 aliphatic carbocycles. The minimum atomic E-state index is 0.291. The Balaban J connectivity index is 1.21. The number of nitrogens with zero attached hydrogens (tertiary/aromatic N) is 2. The number of carbonyl (C=O) groups excluding carboxylic acids is 1. The summed E-state index contributed by atoms with van der Waals surface area (Å²) in [5.74, 6) is 1.92. The van der Waals surface area contributed by atoms with Crippen LogP contribution in [0.15, 0.2) is 48.5 Å². The van der Waals surface area contributed by atoms with Gasteiger partial charge in [-0.05, 0) is 81.4 Å². The zero-order chi connectivity index (χ0) is 20.8.